The number of amides is 1. The van der Waals surface area contributed by atoms with E-state index < -0.39 is 0 Å². The summed E-state index contributed by atoms with van der Waals surface area (Å²) in [4.78, 5) is 17.1. The number of rotatable bonds is 2. The predicted octanol–water partition coefficient (Wildman–Crippen LogP) is 1.30. The zero-order chi connectivity index (χ0) is 14.0. The summed E-state index contributed by atoms with van der Waals surface area (Å²) in [6.45, 7) is 7.95. The second kappa shape index (κ2) is 5.80. The van der Waals surface area contributed by atoms with Crippen molar-refractivity contribution in [1.82, 2.24) is 9.80 Å². The molecule has 1 heterocycles. The van der Waals surface area contributed by atoms with Crippen LogP contribution in [0.3, 0.4) is 0 Å². The SMILES string of the molecule is CN1CCN(C(=O)C2CCC(CN)CC2)CC1(C)C. The normalized spacial score (nSPS) is 32.3. The van der Waals surface area contributed by atoms with Gasteiger partial charge in [0.25, 0.3) is 0 Å². The Bertz CT molecular complexity index is 321. The van der Waals surface area contributed by atoms with Crippen LogP contribution >= 0.6 is 0 Å². The molecule has 4 heteroatoms. The quantitative estimate of drug-likeness (QED) is 0.820. The van der Waals surface area contributed by atoms with Crippen molar-refractivity contribution in [3.05, 3.63) is 0 Å². The largest absolute Gasteiger partial charge is 0.339 e. The molecule has 1 amide bonds. The number of carbonyl (C=O) groups excluding carboxylic acids is 1. The van der Waals surface area contributed by atoms with Crippen LogP contribution in [0.1, 0.15) is 39.5 Å². The Labute approximate surface area is 117 Å². The van der Waals surface area contributed by atoms with E-state index in [-0.39, 0.29) is 11.5 Å². The molecular formula is C15H29N3O. The highest BCUT2D eigenvalue weighted by molar-refractivity contribution is 5.79. The molecule has 2 aliphatic rings. The fraction of sp³-hybridized carbons (Fsp3) is 0.933. The van der Waals surface area contributed by atoms with Gasteiger partial charge in [-0.15, -0.1) is 0 Å². The lowest BCUT2D eigenvalue weighted by Gasteiger charge is -2.46. The van der Waals surface area contributed by atoms with Crippen LogP contribution < -0.4 is 5.73 Å². The van der Waals surface area contributed by atoms with Gasteiger partial charge in [-0.2, -0.15) is 0 Å². The van der Waals surface area contributed by atoms with Crippen LogP contribution in [0.15, 0.2) is 0 Å². The number of hydrogen-bond acceptors (Lipinski definition) is 3. The number of hydrogen-bond donors (Lipinski definition) is 1. The van der Waals surface area contributed by atoms with E-state index in [0.717, 1.165) is 51.9 Å². The summed E-state index contributed by atoms with van der Waals surface area (Å²) in [6, 6.07) is 0. The van der Waals surface area contributed by atoms with Gasteiger partial charge in [0.1, 0.15) is 0 Å². The molecule has 1 aliphatic carbocycles. The van der Waals surface area contributed by atoms with Crippen molar-refractivity contribution in [1.29, 1.82) is 0 Å². The van der Waals surface area contributed by atoms with E-state index in [1.807, 2.05) is 0 Å². The molecule has 0 bridgehead atoms. The summed E-state index contributed by atoms with van der Waals surface area (Å²) < 4.78 is 0. The van der Waals surface area contributed by atoms with Crippen LogP contribution in [0, 0.1) is 11.8 Å². The molecule has 0 aromatic carbocycles. The first-order valence-electron chi connectivity index (χ1n) is 7.64. The zero-order valence-corrected chi connectivity index (χ0v) is 12.7. The molecule has 1 saturated heterocycles. The van der Waals surface area contributed by atoms with Crippen molar-refractivity contribution in [2.24, 2.45) is 17.6 Å². The summed E-state index contributed by atoms with van der Waals surface area (Å²) in [5.74, 6) is 1.28. The average molecular weight is 267 g/mol. The minimum atomic E-state index is 0.0996. The van der Waals surface area contributed by atoms with E-state index >= 15 is 0 Å². The first-order valence-corrected chi connectivity index (χ1v) is 7.64. The van der Waals surface area contributed by atoms with E-state index in [0.29, 0.717) is 11.8 Å². The third-order valence-corrected chi connectivity index (χ3v) is 5.16. The standard InChI is InChI=1S/C15H29N3O/c1-15(2)11-18(9-8-17(15)3)14(19)13-6-4-12(10-16)5-7-13/h12-13H,4-11,16H2,1-3H3. The van der Waals surface area contributed by atoms with Crippen LogP contribution in [0.5, 0.6) is 0 Å². The highest BCUT2D eigenvalue weighted by atomic mass is 16.2. The Morgan fingerprint density at radius 1 is 1.21 bits per heavy atom. The maximum Gasteiger partial charge on any atom is 0.225 e. The lowest BCUT2D eigenvalue weighted by Crippen LogP contribution is -2.59. The van der Waals surface area contributed by atoms with Gasteiger partial charge in [-0.1, -0.05) is 0 Å². The monoisotopic (exact) mass is 267 g/mol. The molecule has 19 heavy (non-hydrogen) atoms. The van der Waals surface area contributed by atoms with Crippen molar-refractivity contribution < 1.29 is 4.79 Å². The molecule has 0 atom stereocenters. The second-order valence-electron chi connectivity index (χ2n) is 6.95. The third-order valence-electron chi connectivity index (χ3n) is 5.16. The van der Waals surface area contributed by atoms with Crippen molar-refractivity contribution in [3.8, 4) is 0 Å². The molecule has 110 valence electrons. The molecule has 1 saturated carbocycles. The minimum Gasteiger partial charge on any atom is -0.339 e. The maximum atomic E-state index is 12.6. The summed E-state index contributed by atoms with van der Waals surface area (Å²) in [7, 11) is 2.15. The lowest BCUT2D eigenvalue weighted by molar-refractivity contribution is -0.141. The van der Waals surface area contributed by atoms with E-state index in [4.69, 9.17) is 5.73 Å². The summed E-state index contributed by atoms with van der Waals surface area (Å²) >= 11 is 0. The number of piperazine rings is 1. The minimum absolute atomic E-state index is 0.0996. The van der Waals surface area contributed by atoms with Crippen molar-refractivity contribution >= 4 is 5.91 Å². The first-order chi connectivity index (χ1) is 8.94. The summed E-state index contributed by atoms with van der Waals surface area (Å²) in [5, 5.41) is 0. The topological polar surface area (TPSA) is 49.6 Å². The van der Waals surface area contributed by atoms with Crippen LogP contribution in [0.4, 0.5) is 0 Å². The van der Waals surface area contributed by atoms with Gasteiger partial charge in [-0.05, 0) is 59.0 Å². The van der Waals surface area contributed by atoms with Gasteiger partial charge in [0, 0.05) is 31.1 Å². The average Bonchev–Trinajstić information content (AvgIpc) is 2.41. The van der Waals surface area contributed by atoms with Crippen molar-refractivity contribution in [2.45, 2.75) is 45.1 Å². The molecule has 0 unspecified atom stereocenters. The fourth-order valence-corrected chi connectivity index (χ4v) is 3.33. The van der Waals surface area contributed by atoms with E-state index in [2.05, 4.69) is 30.7 Å². The fourth-order valence-electron chi connectivity index (χ4n) is 3.33. The zero-order valence-electron chi connectivity index (χ0n) is 12.7. The Kier molecular flexibility index (Phi) is 4.51. The molecule has 2 rings (SSSR count). The predicted molar refractivity (Wildman–Crippen MR) is 77.8 cm³/mol. The first kappa shape index (κ1) is 14.8. The van der Waals surface area contributed by atoms with E-state index in [1.54, 1.807) is 0 Å². The molecule has 0 radical (unpaired) electrons. The summed E-state index contributed by atoms with van der Waals surface area (Å²) in [5.41, 5.74) is 5.82. The van der Waals surface area contributed by atoms with Crippen LogP contribution in [0.2, 0.25) is 0 Å². The second-order valence-corrected chi connectivity index (χ2v) is 6.95. The maximum absolute atomic E-state index is 12.6. The molecule has 4 nitrogen and oxygen atoms in total. The van der Waals surface area contributed by atoms with Crippen LogP contribution in [-0.4, -0.2) is 54.5 Å². The van der Waals surface area contributed by atoms with Gasteiger partial charge in [-0.25, -0.2) is 0 Å². The highest BCUT2D eigenvalue weighted by Gasteiger charge is 2.36. The van der Waals surface area contributed by atoms with E-state index in [1.165, 1.54) is 0 Å². The van der Waals surface area contributed by atoms with Gasteiger partial charge in [0.2, 0.25) is 5.91 Å². The van der Waals surface area contributed by atoms with Crippen LogP contribution in [0.25, 0.3) is 0 Å². The third kappa shape index (κ3) is 3.29. The Morgan fingerprint density at radius 2 is 1.84 bits per heavy atom. The molecular weight excluding hydrogens is 238 g/mol. The summed E-state index contributed by atoms with van der Waals surface area (Å²) in [6.07, 6.45) is 4.33. The molecule has 2 N–H and O–H groups in total. The molecule has 0 spiro atoms. The molecule has 1 aliphatic heterocycles. The molecule has 2 fully saturated rings. The van der Waals surface area contributed by atoms with Crippen LogP contribution in [-0.2, 0) is 4.79 Å². The molecule has 0 aromatic rings. The number of carbonyl (C=O) groups is 1. The number of likely N-dealkylation sites (N-methyl/N-ethyl adjacent to an activating group) is 1. The van der Waals surface area contributed by atoms with Crippen molar-refractivity contribution in [3.63, 3.8) is 0 Å². The Hall–Kier alpha value is -0.610. The van der Waals surface area contributed by atoms with Gasteiger partial charge in [-0.3, -0.25) is 9.69 Å². The van der Waals surface area contributed by atoms with Crippen molar-refractivity contribution in [2.75, 3.05) is 33.2 Å². The Morgan fingerprint density at radius 3 is 2.37 bits per heavy atom. The number of nitrogens with two attached hydrogens (primary N) is 1. The van der Waals surface area contributed by atoms with Gasteiger partial charge in [0.05, 0.1) is 0 Å². The highest BCUT2D eigenvalue weighted by Crippen LogP contribution is 2.30. The molecule has 0 aromatic heterocycles. The Balaban J connectivity index is 1.90. The van der Waals surface area contributed by atoms with Gasteiger partial charge >= 0.3 is 0 Å². The van der Waals surface area contributed by atoms with E-state index in [9.17, 15) is 4.79 Å². The van der Waals surface area contributed by atoms with Gasteiger partial charge in [0.15, 0.2) is 0 Å². The lowest BCUT2D eigenvalue weighted by atomic mass is 9.81. The van der Waals surface area contributed by atoms with Gasteiger partial charge < -0.3 is 10.6 Å². The number of nitrogens with zero attached hydrogens (tertiary/aromatic N) is 2. The smallest absolute Gasteiger partial charge is 0.225 e.